The van der Waals surface area contributed by atoms with E-state index in [4.69, 9.17) is 4.74 Å². The van der Waals surface area contributed by atoms with Gasteiger partial charge in [-0.3, -0.25) is 14.4 Å². The van der Waals surface area contributed by atoms with Crippen LogP contribution in [0.3, 0.4) is 0 Å². The van der Waals surface area contributed by atoms with E-state index >= 15 is 0 Å². The SMILES string of the molecule is Cn1ccc(C(=O)N(CC2CCCO2)c2nc3ccc(Br)cc3s2)n1. The van der Waals surface area contributed by atoms with Crippen LogP contribution in [0.1, 0.15) is 23.3 Å². The van der Waals surface area contributed by atoms with E-state index < -0.39 is 0 Å². The Hall–Kier alpha value is -1.77. The first-order valence-electron chi connectivity index (χ1n) is 8.09. The fourth-order valence-electron chi connectivity index (χ4n) is 2.91. The molecule has 25 heavy (non-hydrogen) atoms. The molecule has 1 unspecified atom stereocenters. The Morgan fingerprint density at radius 2 is 2.36 bits per heavy atom. The molecule has 8 heteroatoms. The summed E-state index contributed by atoms with van der Waals surface area (Å²) in [6.07, 6.45) is 3.81. The van der Waals surface area contributed by atoms with Crippen molar-refractivity contribution in [2.24, 2.45) is 7.05 Å². The molecule has 0 aliphatic carbocycles. The number of hydrogen-bond acceptors (Lipinski definition) is 5. The lowest BCUT2D eigenvalue weighted by Gasteiger charge is -2.22. The zero-order valence-corrected chi connectivity index (χ0v) is 16.1. The molecule has 1 aromatic carbocycles. The van der Waals surface area contributed by atoms with E-state index in [0.29, 0.717) is 17.4 Å². The van der Waals surface area contributed by atoms with Gasteiger partial charge in [-0.05, 0) is 37.1 Å². The van der Waals surface area contributed by atoms with Gasteiger partial charge in [-0.15, -0.1) is 0 Å². The highest BCUT2D eigenvalue weighted by Crippen LogP contribution is 2.32. The third-order valence-electron chi connectivity index (χ3n) is 4.16. The summed E-state index contributed by atoms with van der Waals surface area (Å²) in [4.78, 5) is 19.4. The standard InChI is InChI=1S/C17H17BrN4O2S/c1-21-7-6-14(20-21)16(23)22(10-12-3-2-8-24-12)17-19-13-5-4-11(18)9-15(13)25-17/h4-7,9,12H,2-3,8,10H2,1H3. The summed E-state index contributed by atoms with van der Waals surface area (Å²) in [5.41, 5.74) is 1.30. The molecule has 0 spiro atoms. The van der Waals surface area contributed by atoms with Crippen LogP contribution in [-0.4, -0.2) is 39.9 Å². The first kappa shape index (κ1) is 16.7. The number of carbonyl (C=O) groups is 1. The number of nitrogens with zero attached hydrogens (tertiary/aromatic N) is 4. The van der Waals surface area contributed by atoms with E-state index in [9.17, 15) is 4.79 Å². The van der Waals surface area contributed by atoms with Crippen LogP contribution in [0.5, 0.6) is 0 Å². The van der Waals surface area contributed by atoms with Gasteiger partial charge in [0.05, 0.1) is 22.9 Å². The molecule has 130 valence electrons. The van der Waals surface area contributed by atoms with Gasteiger partial charge in [0.15, 0.2) is 10.8 Å². The maximum absolute atomic E-state index is 13.0. The first-order valence-corrected chi connectivity index (χ1v) is 9.70. The summed E-state index contributed by atoms with van der Waals surface area (Å²) in [5.74, 6) is -0.144. The average molecular weight is 421 g/mol. The highest BCUT2D eigenvalue weighted by molar-refractivity contribution is 9.10. The number of carbonyl (C=O) groups excluding carboxylic acids is 1. The molecular weight excluding hydrogens is 404 g/mol. The van der Waals surface area contributed by atoms with Crippen LogP contribution >= 0.6 is 27.3 Å². The number of fused-ring (bicyclic) bond motifs is 1. The Morgan fingerprint density at radius 3 is 3.08 bits per heavy atom. The van der Waals surface area contributed by atoms with Crippen molar-refractivity contribution in [2.45, 2.75) is 18.9 Å². The Bertz CT molecular complexity index is 916. The van der Waals surface area contributed by atoms with Gasteiger partial charge in [0.25, 0.3) is 5.91 Å². The van der Waals surface area contributed by atoms with Crippen molar-refractivity contribution < 1.29 is 9.53 Å². The average Bonchev–Trinajstić information content (AvgIpc) is 3.31. The predicted molar refractivity (Wildman–Crippen MR) is 101 cm³/mol. The molecular formula is C17H17BrN4O2S. The van der Waals surface area contributed by atoms with Crippen LogP contribution in [-0.2, 0) is 11.8 Å². The molecule has 4 rings (SSSR count). The Labute approximate surface area is 157 Å². The number of anilines is 1. The molecule has 3 aromatic rings. The third kappa shape index (κ3) is 3.47. The normalized spacial score (nSPS) is 17.3. The Balaban J connectivity index is 1.70. The van der Waals surface area contributed by atoms with Gasteiger partial charge in [0.1, 0.15) is 0 Å². The molecule has 0 saturated carbocycles. The number of rotatable bonds is 4. The van der Waals surface area contributed by atoms with Crippen molar-refractivity contribution >= 4 is 48.5 Å². The second-order valence-electron chi connectivity index (χ2n) is 6.03. The molecule has 0 bridgehead atoms. The highest BCUT2D eigenvalue weighted by atomic mass is 79.9. The zero-order valence-electron chi connectivity index (χ0n) is 13.7. The van der Waals surface area contributed by atoms with E-state index in [-0.39, 0.29) is 12.0 Å². The summed E-state index contributed by atoms with van der Waals surface area (Å²) >= 11 is 4.99. The smallest absolute Gasteiger partial charge is 0.280 e. The number of benzene rings is 1. The van der Waals surface area contributed by atoms with Gasteiger partial charge < -0.3 is 4.74 Å². The zero-order chi connectivity index (χ0) is 17.4. The fraction of sp³-hybridized carbons (Fsp3) is 0.353. The second kappa shape index (κ2) is 6.86. The van der Waals surface area contributed by atoms with Crippen molar-refractivity contribution in [3.63, 3.8) is 0 Å². The van der Waals surface area contributed by atoms with Gasteiger partial charge in [-0.25, -0.2) is 4.98 Å². The van der Waals surface area contributed by atoms with E-state index in [2.05, 4.69) is 26.0 Å². The van der Waals surface area contributed by atoms with E-state index in [1.54, 1.807) is 28.9 Å². The molecule has 0 N–H and O–H groups in total. The summed E-state index contributed by atoms with van der Waals surface area (Å²) in [7, 11) is 1.80. The van der Waals surface area contributed by atoms with E-state index in [0.717, 1.165) is 34.1 Å². The van der Waals surface area contributed by atoms with Crippen LogP contribution in [0.25, 0.3) is 10.2 Å². The molecule has 0 radical (unpaired) electrons. The van der Waals surface area contributed by atoms with Crippen LogP contribution in [0.15, 0.2) is 34.9 Å². The lowest BCUT2D eigenvalue weighted by molar-refractivity contribution is 0.0913. The van der Waals surface area contributed by atoms with Gasteiger partial charge in [0, 0.05) is 24.3 Å². The second-order valence-corrected chi connectivity index (χ2v) is 7.96. The number of ether oxygens (including phenoxy) is 1. The fourth-order valence-corrected chi connectivity index (χ4v) is 4.43. The number of aryl methyl sites for hydroxylation is 1. The largest absolute Gasteiger partial charge is 0.376 e. The molecule has 1 atom stereocenters. The maximum Gasteiger partial charge on any atom is 0.280 e. The number of halogens is 1. The molecule has 2 aromatic heterocycles. The van der Waals surface area contributed by atoms with Crippen molar-refractivity contribution in [2.75, 3.05) is 18.1 Å². The number of aromatic nitrogens is 3. The van der Waals surface area contributed by atoms with Gasteiger partial charge in [-0.1, -0.05) is 27.3 Å². The lowest BCUT2D eigenvalue weighted by Crippen LogP contribution is -2.37. The van der Waals surface area contributed by atoms with E-state index in [1.807, 2.05) is 18.2 Å². The highest BCUT2D eigenvalue weighted by Gasteiger charge is 2.28. The van der Waals surface area contributed by atoms with Gasteiger partial charge in [0.2, 0.25) is 0 Å². The van der Waals surface area contributed by atoms with Gasteiger partial charge >= 0.3 is 0 Å². The molecule has 6 nitrogen and oxygen atoms in total. The minimum Gasteiger partial charge on any atom is -0.376 e. The third-order valence-corrected chi connectivity index (χ3v) is 5.69. The van der Waals surface area contributed by atoms with E-state index in [1.165, 1.54) is 11.3 Å². The Morgan fingerprint density at radius 1 is 1.48 bits per heavy atom. The number of hydrogen-bond donors (Lipinski definition) is 0. The molecule has 1 fully saturated rings. The van der Waals surface area contributed by atoms with Crippen LogP contribution < -0.4 is 4.90 Å². The summed E-state index contributed by atoms with van der Waals surface area (Å²) in [6.45, 7) is 1.25. The molecule has 1 saturated heterocycles. The quantitative estimate of drug-likeness (QED) is 0.646. The minimum atomic E-state index is -0.144. The van der Waals surface area contributed by atoms with Crippen molar-refractivity contribution in [1.29, 1.82) is 0 Å². The first-order chi connectivity index (χ1) is 12.1. The molecule has 1 amide bonds. The van der Waals surface area contributed by atoms with Crippen LogP contribution in [0, 0.1) is 0 Å². The van der Waals surface area contributed by atoms with Crippen molar-refractivity contribution in [3.8, 4) is 0 Å². The van der Waals surface area contributed by atoms with Crippen molar-refractivity contribution in [3.05, 3.63) is 40.6 Å². The monoisotopic (exact) mass is 420 g/mol. The maximum atomic E-state index is 13.0. The molecule has 1 aliphatic heterocycles. The predicted octanol–water partition coefficient (Wildman–Crippen LogP) is 3.62. The molecule has 3 heterocycles. The molecule has 1 aliphatic rings. The lowest BCUT2D eigenvalue weighted by atomic mass is 10.2. The minimum absolute atomic E-state index is 0.0476. The van der Waals surface area contributed by atoms with Crippen molar-refractivity contribution in [1.82, 2.24) is 14.8 Å². The number of thiazole rings is 1. The summed E-state index contributed by atoms with van der Waals surface area (Å²) < 4.78 is 9.41. The van der Waals surface area contributed by atoms with Gasteiger partial charge in [-0.2, -0.15) is 5.10 Å². The van der Waals surface area contributed by atoms with Crippen LogP contribution in [0.2, 0.25) is 0 Å². The van der Waals surface area contributed by atoms with Crippen LogP contribution in [0.4, 0.5) is 5.13 Å². The Kier molecular flexibility index (Phi) is 4.58. The summed E-state index contributed by atoms with van der Waals surface area (Å²) in [5, 5.41) is 4.93. The summed E-state index contributed by atoms with van der Waals surface area (Å²) in [6, 6.07) is 7.66. The number of amides is 1. The topological polar surface area (TPSA) is 60.2 Å².